The number of nitrogens with one attached hydrogen (secondary N) is 1. The molecule has 0 bridgehead atoms. The lowest BCUT2D eigenvalue weighted by Crippen LogP contribution is -2.12. The highest BCUT2D eigenvalue weighted by atomic mass is 16.1. The summed E-state index contributed by atoms with van der Waals surface area (Å²) in [4.78, 5) is 12.1. The number of unbranched alkanes of at least 4 members (excludes halogenated alkanes) is 18. The molecular weight excluding hydrogens is 390 g/mol. The number of aryl methyl sites for hydroxylation is 2. The lowest BCUT2D eigenvalue weighted by Gasteiger charge is -2.09. The second-order valence-corrected chi connectivity index (χ2v) is 9.98. The molecule has 1 amide bonds. The Morgan fingerprint density at radius 2 is 1.03 bits per heavy atom. The minimum atomic E-state index is 0.158. The Bertz CT molecular complexity index is 580. The zero-order chi connectivity index (χ0) is 23.3. The van der Waals surface area contributed by atoms with Crippen LogP contribution in [0.2, 0.25) is 0 Å². The van der Waals surface area contributed by atoms with Gasteiger partial charge in [-0.25, -0.2) is 0 Å². The molecular formula is C30H53NO. The Balaban J connectivity index is 1.80. The molecule has 1 aromatic carbocycles. The Morgan fingerprint density at radius 3 is 1.47 bits per heavy atom. The van der Waals surface area contributed by atoms with Crippen LogP contribution in [0, 0.1) is 13.8 Å². The van der Waals surface area contributed by atoms with Gasteiger partial charge in [0.25, 0.3) is 0 Å². The van der Waals surface area contributed by atoms with E-state index in [-0.39, 0.29) is 5.91 Å². The van der Waals surface area contributed by atoms with E-state index in [1.807, 2.05) is 6.92 Å². The van der Waals surface area contributed by atoms with Crippen molar-refractivity contribution in [3.63, 3.8) is 0 Å². The fourth-order valence-corrected chi connectivity index (χ4v) is 4.45. The molecule has 1 aromatic rings. The molecule has 184 valence electrons. The van der Waals surface area contributed by atoms with Gasteiger partial charge in [0.1, 0.15) is 0 Å². The van der Waals surface area contributed by atoms with Crippen molar-refractivity contribution in [2.24, 2.45) is 0 Å². The molecule has 2 heteroatoms. The predicted molar refractivity (Wildman–Crippen MR) is 143 cm³/mol. The van der Waals surface area contributed by atoms with Crippen LogP contribution in [0.1, 0.15) is 146 Å². The van der Waals surface area contributed by atoms with Gasteiger partial charge in [0, 0.05) is 12.1 Å². The first kappa shape index (κ1) is 28.7. The van der Waals surface area contributed by atoms with Crippen LogP contribution in [0.25, 0.3) is 0 Å². The number of amides is 1. The number of hydrogen-bond donors (Lipinski definition) is 1. The summed E-state index contributed by atoms with van der Waals surface area (Å²) < 4.78 is 0. The van der Waals surface area contributed by atoms with Gasteiger partial charge >= 0.3 is 0 Å². The van der Waals surface area contributed by atoms with Crippen molar-refractivity contribution in [2.75, 3.05) is 5.32 Å². The van der Waals surface area contributed by atoms with E-state index in [0.29, 0.717) is 6.42 Å². The van der Waals surface area contributed by atoms with Crippen LogP contribution in [-0.4, -0.2) is 5.91 Å². The SMILES string of the molecule is CCCCCCCCCCCCCCCCCCCCCC(=O)Nc1cc(C)ccc1C. The van der Waals surface area contributed by atoms with Crippen molar-refractivity contribution in [3.05, 3.63) is 29.3 Å². The monoisotopic (exact) mass is 443 g/mol. The molecule has 2 nitrogen and oxygen atoms in total. The first-order valence-corrected chi connectivity index (χ1v) is 14.0. The van der Waals surface area contributed by atoms with Gasteiger partial charge in [0.05, 0.1) is 0 Å². The third-order valence-electron chi connectivity index (χ3n) is 6.67. The number of carbonyl (C=O) groups is 1. The Morgan fingerprint density at radius 1 is 0.625 bits per heavy atom. The average molecular weight is 444 g/mol. The van der Waals surface area contributed by atoms with Crippen molar-refractivity contribution in [1.29, 1.82) is 0 Å². The smallest absolute Gasteiger partial charge is 0.224 e. The molecule has 0 aliphatic heterocycles. The Hall–Kier alpha value is -1.31. The van der Waals surface area contributed by atoms with Gasteiger partial charge in [0.2, 0.25) is 5.91 Å². The molecule has 0 atom stereocenters. The largest absolute Gasteiger partial charge is 0.326 e. The quantitative estimate of drug-likeness (QED) is 0.188. The van der Waals surface area contributed by atoms with E-state index in [2.05, 4.69) is 37.4 Å². The molecule has 0 aliphatic carbocycles. The van der Waals surface area contributed by atoms with Crippen molar-refractivity contribution >= 4 is 11.6 Å². The summed E-state index contributed by atoms with van der Waals surface area (Å²) in [7, 11) is 0. The summed E-state index contributed by atoms with van der Waals surface area (Å²) in [5.41, 5.74) is 3.29. The summed E-state index contributed by atoms with van der Waals surface area (Å²) in [5, 5.41) is 3.07. The summed E-state index contributed by atoms with van der Waals surface area (Å²) in [6, 6.07) is 6.22. The topological polar surface area (TPSA) is 29.1 Å². The number of hydrogen-bond acceptors (Lipinski definition) is 1. The summed E-state index contributed by atoms with van der Waals surface area (Å²) in [5.74, 6) is 0.158. The van der Waals surface area contributed by atoms with E-state index in [1.54, 1.807) is 0 Å². The third-order valence-corrected chi connectivity index (χ3v) is 6.67. The highest BCUT2D eigenvalue weighted by molar-refractivity contribution is 5.91. The van der Waals surface area contributed by atoms with Crippen molar-refractivity contribution in [2.45, 2.75) is 149 Å². The molecule has 0 saturated heterocycles. The van der Waals surface area contributed by atoms with E-state index in [9.17, 15) is 4.79 Å². The number of benzene rings is 1. The van der Waals surface area contributed by atoms with Crippen LogP contribution in [0.15, 0.2) is 18.2 Å². The van der Waals surface area contributed by atoms with Crippen molar-refractivity contribution in [1.82, 2.24) is 0 Å². The maximum absolute atomic E-state index is 12.1. The fraction of sp³-hybridized carbons (Fsp3) is 0.767. The van der Waals surface area contributed by atoms with E-state index in [1.165, 1.54) is 121 Å². The highest BCUT2D eigenvalue weighted by Gasteiger charge is 2.05. The molecule has 0 radical (unpaired) electrons. The van der Waals surface area contributed by atoms with Crippen LogP contribution < -0.4 is 5.32 Å². The first-order chi connectivity index (χ1) is 15.6. The minimum Gasteiger partial charge on any atom is -0.326 e. The van der Waals surface area contributed by atoms with Gasteiger partial charge in [-0.05, 0) is 37.5 Å². The van der Waals surface area contributed by atoms with E-state index >= 15 is 0 Å². The second kappa shape index (κ2) is 20.3. The summed E-state index contributed by atoms with van der Waals surface area (Å²) in [6.45, 7) is 6.40. The van der Waals surface area contributed by atoms with Gasteiger partial charge < -0.3 is 5.32 Å². The molecule has 1 rings (SSSR count). The van der Waals surface area contributed by atoms with Crippen LogP contribution in [0.5, 0.6) is 0 Å². The molecule has 0 heterocycles. The zero-order valence-electron chi connectivity index (χ0n) is 21.8. The molecule has 1 N–H and O–H groups in total. The second-order valence-electron chi connectivity index (χ2n) is 9.98. The van der Waals surface area contributed by atoms with Crippen LogP contribution in [0.4, 0.5) is 5.69 Å². The number of anilines is 1. The van der Waals surface area contributed by atoms with Gasteiger partial charge in [-0.2, -0.15) is 0 Å². The van der Waals surface area contributed by atoms with Crippen LogP contribution >= 0.6 is 0 Å². The fourth-order valence-electron chi connectivity index (χ4n) is 4.45. The normalized spacial score (nSPS) is 11.1. The van der Waals surface area contributed by atoms with Gasteiger partial charge in [-0.15, -0.1) is 0 Å². The molecule has 0 saturated carbocycles. The van der Waals surface area contributed by atoms with E-state index < -0.39 is 0 Å². The zero-order valence-corrected chi connectivity index (χ0v) is 21.8. The maximum atomic E-state index is 12.1. The molecule has 0 aromatic heterocycles. The van der Waals surface area contributed by atoms with E-state index in [4.69, 9.17) is 0 Å². The Kier molecular flexibility index (Phi) is 18.2. The minimum absolute atomic E-state index is 0.158. The lowest BCUT2D eigenvalue weighted by molar-refractivity contribution is -0.116. The van der Waals surface area contributed by atoms with Gasteiger partial charge in [-0.1, -0.05) is 135 Å². The maximum Gasteiger partial charge on any atom is 0.224 e. The van der Waals surface area contributed by atoms with Gasteiger partial charge in [0.15, 0.2) is 0 Å². The molecule has 0 spiro atoms. The molecule has 32 heavy (non-hydrogen) atoms. The van der Waals surface area contributed by atoms with Crippen LogP contribution in [-0.2, 0) is 4.79 Å². The summed E-state index contributed by atoms with van der Waals surface area (Å²) >= 11 is 0. The molecule has 0 fully saturated rings. The molecule has 0 aliphatic rings. The Labute approximate surface area is 200 Å². The van der Waals surface area contributed by atoms with Crippen LogP contribution in [0.3, 0.4) is 0 Å². The lowest BCUT2D eigenvalue weighted by atomic mass is 10.0. The van der Waals surface area contributed by atoms with Crippen molar-refractivity contribution in [3.8, 4) is 0 Å². The third kappa shape index (κ3) is 16.3. The van der Waals surface area contributed by atoms with E-state index in [0.717, 1.165) is 17.7 Å². The molecule has 0 unspecified atom stereocenters. The first-order valence-electron chi connectivity index (χ1n) is 14.0. The highest BCUT2D eigenvalue weighted by Crippen LogP contribution is 2.18. The number of carbonyl (C=O) groups excluding carboxylic acids is 1. The number of rotatable bonds is 21. The summed E-state index contributed by atoms with van der Waals surface area (Å²) in [6.07, 6.45) is 26.9. The van der Waals surface area contributed by atoms with Gasteiger partial charge in [-0.3, -0.25) is 4.79 Å². The average Bonchev–Trinajstić information content (AvgIpc) is 2.78. The standard InChI is InChI=1S/C30H53NO/c1-4-5-6-7-8-9-10-11-12-13-14-15-16-17-18-19-20-21-22-23-30(32)31-29-26-27(2)24-25-28(29)3/h24-26H,4-23H2,1-3H3,(H,31,32). The van der Waals surface area contributed by atoms with Crippen molar-refractivity contribution < 1.29 is 4.79 Å². The predicted octanol–water partition coefficient (Wildman–Crippen LogP) is 10.1.